The first-order chi connectivity index (χ1) is 16.5. The average Bonchev–Trinajstić information content (AvgIpc) is 2.80. The summed E-state index contributed by atoms with van der Waals surface area (Å²) >= 11 is 0. The summed E-state index contributed by atoms with van der Waals surface area (Å²) in [6.45, 7) is 2.97. The molecule has 0 N–H and O–H groups in total. The molecule has 0 spiro atoms. The minimum atomic E-state index is -0.532. The Labute approximate surface area is 212 Å². The zero-order chi connectivity index (χ0) is 26.3. The highest BCUT2D eigenvalue weighted by atomic mass is 16.6. The molecule has 35 heavy (non-hydrogen) atoms. The maximum absolute atomic E-state index is 13.1. The van der Waals surface area contributed by atoms with Crippen molar-refractivity contribution >= 4 is 12.0 Å². The van der Waals surface area contributed by atoms with Gasteiger partial charge in [-0.3, -0.25) is 4.48 Å². The fraction of sp³-hybridized carbons (Fsp3) is 0.704. The monoisotopic (exact) mass is 489 g/mol. The summed E-state index contributed by atoms with van der Waals surface area (Å²) in [5.41, 5.74) is 0.194. The third kappa shape index (κ3) is 12.1. The molecular weight excluding hydrogens is 442 g/mol. The largest absolute Gasteiger partial charge is 0.414 e. The number of hydrogen-bond acceptors (Lipinski definition) is 5. The molecule has 196 valence electrons. The second-order valence-corrected chi connectivity index (χ2v) is 10.8. The van der Waals surface area contributed by atoms with Crippen molar-refractivity contribution in [2.75, 3.05) is 61.9 Å². The molecule has 0 unspecified atom stereocenters. The normalized spacial score (nSPS) is 11.7. The number of rotatable bonds is 16. The third-order valence-corrected chi connectivity index (χ3v) is 6.37. The molecule has 1 heterocycles. The Kier molecular flexibility index (Phi) is 13.5. The predicted octanol–water partition coefficient (Wildman–Crippen LogP) is 4.86. The van der Waals surface area contributed by atoms with Crippen LogP contribution in [-0.4, -0.2) is 92.8 Å². The summed E-state index contributed by atoms with van der Waals surface area (Å²) < 4.78 is 6.52. The Morgan fingerprint density at radius 2 is 1.46 bits per heavy atom. The van der Waals surface area contributed by atoms with Crippen LogP contribution in [0.5, 0.6) is 5.75 Å². The van der Waals surface area contributed by atoms with Crippen LogP contribution >= 0.6 is 0 Å². The van der Waals surface area contributed by atoms with E-state index in [-0.39, 0.29) is 21.8 Å². The van der Waals surface area contributed by atoms with E-state index >= 15 is 0 Å². The van der Waals surface area contributed by atoms with Crippen molar-refractivity contribution in [3.8, 4) is 11.8 Å². The van der Waals surface area contributed by atoms with Gasteiger partial charge in [0, 0.05) is 33.1 Å². The van der Waals surface area contributed by atoms with Crippen LogP contribution in [0.1, 0.15) is 74.7 Å². The molecular formula is C27H47N5O3+2. The summed E-state index contributed by atoms with van der Waals surface area (Å²) in [7, 11) is 11.5. The Balaban J connectivity index is 2.29. The van der Waals surface area contributed by atoms with E-state index in [4.69, 9.17) is 10.00 Å². The molecule has 0 fully saturated rings. The van der Waals surface area contributed by atoms with Gasteiger partial charge in [0.15, 0.2) is 5.75 Å². The number of pyridine rings is 1. The number of nitrogens with zero attached hydrogens (tertiary/aromatic N) is 5. The highest BCUT2D eigenvalue weighted by Gasteiger charge is 2.32. The van der Waals surface area contributed by atoms with Crippen LogP contribution < -0.4 is 4.74 Å². The van der Waals surface area contributed by atoms with Crippen molar-refractivity contribution in [2.45, 2.75) is 64.2 Å². The molecule has 8 heteroatoms. The summed E-state index contributed by atoms with van der Waals surface area (Å²) in [6, 6.07) is 5.50. The van der Waals surface area contributed by atoms with Crippen LogP contribution in [0.4, 0.5) is 4.79 Å². The first-order valence-corrected chi connectivity index (χ1v) is 12.9. The Morgan fingerprint density at radius 1 is 0.914 bits per heavy atom. The van der Waals surface area contributed by atoms with Crippen LogP contribution in [-0.2, 0) is 0 Å². The third-order valence-electron chi connectivity index (χ3n) is 6.37. The van der Waals surface area contributed by atoms with E-state index < -0.39 is 6.09 Å². The molecule has 0 aromatic carbocycles. The molecule has 8 nitrogen and oxygen atoms in total. The second kappa shape index (κ2) is 15.5. The Hall–Kier alpha value is -2.50. The number of nitriles is 1. The van der Waals surface area contributed by atoms with Gasteiger partial charge < -0.3 is 14.1 Å². The molecule has 0 aliphatic heterocycles. The number of unbranched alkanes of at least 4 members (excludes halogenated alkanes) is 8. The van der Waals surface area contributed by atoms with Gasteiger partial charge in [-0.2, -0.15) is 5.26 Å². The lowest BCUT2D eigenvalue weighted by Crippen LogP contribution is -2.46. The molecule has 1 aromatic heterocycles. The Morgan fingerprint density at radius 3 is 2.03 bits per heavy atom. The van der Waals surface area contributed by atoms with Gasteiger partial charge in [-0.1, -0.05) is 25.7 Å². The Bertz CT molecular complexity index is 830. The van der Waals surface area contributed by atoms with Gasteiger partial charge in [0.05, 0.1) is 53.9 Å². The quantitative estimate of drug-likeness (QED) is 0.245. The van der Waals surface area contributed by atoms with Crippen LogP contribution in [0.2, 0.25) is 0 Å². The van der Waals surface area contributed by atoms with Crippen molar-refractivity contribution in [3.63, 3.8) is 0 Å². The minimum absolute atomic E-state index is 0.152. The number of carbonyl (C=O) groups is 2. The van der Waals surface area contributed by atoms with Crippen LogP contribution in [0, 0.1) is 11.3 Å². The van der Waals surface area contributed by atoms with Crippen LogP contribution in [0.15, 0.2) is 18.3 Å². The number of carbonyl (C=O) groups excluding carboxylic acids is 2. The van der Waals surface area contributed by atoms with E-state index in [0.717, 1.165) is 36.8 Å². The fourth-order valence-corrected chi connectivity index (χ4v) is 4.01. The fourth-order valence-electron chi connectivity index (χ4n) is 4.01. The lowest BCUT2D eigenvalue weighted by molar-refractivity contribution is -0.890. The van der Waals surface area contributed by atoms with E-state index in [1.807, 2.05) is 14.1 Å². The molecule has 0 saturated heterocycles. The first kappa shape index (κ1) is 30.5. The maximum Gasteiger partial charge on any atom is 0.414 e. The maximum atomic E-state index is 13.1. The highest BCUT2D eigenvalue weighted by molar-refractivity contribution is 5.90. The lowest BCUT2D eigenvalue weighted by Gasteiger charge is -2.29. The van der Waals surface area contributed by atoms with Gasteiger partial charge in [0.1, 0.15) is 0 Å². The highest BCUT2D eigenvalue weighted by Crippen LogP contribution is 2.21. The number of ether oxygens (including phenoxy) is 1. The van der Waals surface area contributed by atoms with Crippen LogP contribution in [0.3, 0.4) is 0 Å². The molecule has 0 atom stereocenters. The molecule has 0 radical (unpaired) electrons. The van der Waals surface area contributed by atoms with Gasteiger partial charge in [0.25, 0.3) is 0 Å². The molecule has 0 saturated carbocycles. The topological polar surface area (TPSA) is 83.3 Å². The van der Waals surface area contributed by atoms with E-state index in [9.17, 15) is 9.59 Å². The standard InChI is InChI=1S/C27H47N5O3/c1-30(2)27(34)35-24-18-17-20-29-25(24)26(33)32(5,6)23-15-12-10-8-7-9-11-14-21-31(3,4)22-16-13-19-28/h17-18,20H,7-16,21-23H2,1-6H3/q+2. The van der Waals surface area contributed by atoms with Gasteiger partial charge in [-0.15, -0.1) is 0 Å². The number of amides is 2. The van der Waals surface area contributed by atoms with E-state index in [2.05, 4.69) is 25.1 Å². The summed E-state index contributed by atoms with van der Waals surface area (Å²) in [5, 5.41) is 8.68. The molecule has 0 bridgehead atoms. The zero-order valence-electron chi connectivity index (χ0n) is 22.9. The predicted molar refractivity (Wildman–Crippen MR) is 139 cm³/mol. The minimum Gasteiger partial charge on any atom is -0.407 e. The first-order valence-electron chi connectivity index (χ1n) is 12.9. The zero-order valence-corrected chi connectivity index (χ0v) is 22.9. The smallest absolute Gasteiger partial charge is 0.407 e. The van der Waals surface area contributed by atoms with Gasteiger partial charge in [-0.25, -0.2) is 14.6 Å². The molecule has 0 aliphatic carbocycles. The van der Waals surface area contributed by atoms with E-state index in [1.54, 1.807) is 32.4 Å². The van der Waals surface area contributed by atoms with E-state index in [1.165, 1.54) is 50.0 Å². The summed E-state index contributed by atoms with van der Waals surface area (Å²) in [5.74, 6) is 0.0489. The number of aromatic nitrogens is 1. The summed E-state index contributed by atoms with van der Waals surface area (Å²) in [4.78, 5) is 30.6. The van der Waals surface area contributed by atoms with Gasteiger partial charge in [0.2, 0.25) is 5.69 Å². The van der Waals surface area contributed by atoms with Crippen molar-refractivity contribution < 1.29 is 23.3 Å². The van der Waals surface area contributed by atoms with Crippen LogP contribution in [0.25, 0.3) is 0 Å². The number of hydrogen-bond donors (Lipinski definition) is 0. The molecule has 1 rings (SSSR count). The van der Waals surface area contributed by atoms with Crippen molar-refractivity contribution in [2.24, 2.45) is 0 Å². The molecule has 1 aromatic rings. The molecule has 0 aliphatic rings. The van der Waals surface area contributed by atoms with Crippen molar-refractivity contribution in [1.29, 1.82) is 5.26 Å². The van der Waals surface area contributed by atoms with Gasteiger partial charge in [-0.05, 0) is 37.8 Å². The molecule has 2 amide bonds. The number of quaternary nitrogens is 2. The van der Waals surface area contributed by atoms with E-state index in [0.29, 0.717) is 6.42 Å². The van der Waals surface area contributed by atoms with Gasteiger partial charge >= 0.3 is 12.0 Å². The summed E-state index contributed by atoms with van der Waals surface area (Å²) in [6.07, 6.45) is 12.2. The second-order valence-electron chi connectivity index (χ2n) is 10.8. The van der Waals surface area contributed by atoms with Crippen molar-refractivity contribution in [3.05, 3.63) is 24.0 Å². The SMILES string of the molecule is CN(C)C(=O)Oc1cccnc1C(=O)[N+](C)(C)CCCCCCCCCC[N+](C)(C)CCCC#N. The average molecular weight is 490 g/mol. The lowest BCUT2D eigenvalue weighted by atomic mass is 10.1. The van der Waals surface area contributed by atoms with Crippen molar-refractivity contribution in [1.82, 2.24) is 9.88 Å².